The summed E-state index contributed by atoms with van der Waals surface area (Å²) in [5.74, 6) is 0.903. The van der Waals surface area contributed by atoms with Gasteiger partial charge in [0, 0.05) is 52.5 Å². The number of piperidine rings is 1. The summed E-state index contributed by atoms with van der Waals surface area (Å²) < 4.78 is 10.4. The molecule has 0 aromatic rings. The molecule has 6 nitrogen and oxygen atoms in total. The molecule has 0 spiro atoms. The van der Waals surface area contributed by atoms with Crippen LogP contribution in [-0.2, 0) is 9.47 Å². The molecule has 1 saturated heterocycles. The maximum Gasteiger partial charge on any atom is 0.191 e. The van der Waals surface area contributed by atoms with Gasteiger partial charge in [-0.1, -0.05) is 0 Å². The molecule has 2 N–H and O–H groups in total. The van der Waals surface area contributed by atoms with Crippen LogP contribution in [0.2, 0.25) is 0 Å². The van der Waals surface area contributed by atoms with Crippen LogP contribution in [0.1, 0.15) is 33.1 Å². The summed E-state index contributed by atoms with van der Waals surface area (Å²) in [7, 11) is 3.51. The quantitative estimate of drug-likeness (QED) is 0.379. The molecule has 0 atom stereocenters. The molecule has 0 amide bonds. The SMILES string of the molecule is CN=C(NCCCOCCOC)NC1CCN(C(C)C)CC1. The predicted octanol–water partition coefficient (Wildman–Crippen LogP) is 1.08. The lowest BCUT2D eigenvalue weighted by Crippen LogP contribution is -2.50. The van der Waals surface area contributed by atoms with E-state index in [1.54, 1.807) is 7.11 Å². The zero-order valence-corrected chi connectivity index (χ0v) is 14.7. The predicted molar refractivity (Wildman–Crippen MR) is 91.5 cm³/mol. The molecule has 1 aliphatic rings. The van der Waals surface area contributed by atoms with Crippen LogP contribution in [0.4, 0.5) is 0 Å². The van der Waals surface area contributed by atoms with Gasteiger partial charge in [-0.2, -0.15) is 0 Å². The van der Waals surface area contributed by atoms with Crippen LogP contribution in [0.15, 0.2) is 4.99 Å². The van der Waals surface area contributed by atoms with Gasteiger partial charge < -0.3 is 25.0 Å². The minimum absolute atomic E-state index is 0.527. The Bertz CT molecular complexity index is 303. The maximum atomic E-state index is 5.44. The fraction of sp³-hybridized carbons (Fsp3) is 0.938. The molecular weight excluding hydrogens is 280 g/mol. The topological polar surface area (TPSA) is 58.1 Å². The average Bonchev–Trinajstić information content (AvgIpc) is 2.53. The summed E-state index contributed by atoms with van der Waals surface area (Å²) in [6.07, 6.45) is 3.33. The first-order chi connectivity index (χ1) is 10.7. The highest BCUT2D eigenvalue weighted by Crippen LogP contribution is 2.12. The van der Waals surface area contributed by atoms with Crippen LogP contribution < -0.4 is 10.6 Å². The number of guanidine groups is 1. The highest BCUT2D eigenvalue weighted by Gasteiger charge is 2.21. The number of hydrogen-bond donors (Lipinski definition) is 2. The number of likely N-dealkylation sites (tertiary alicyclic amines) is 1. The number of hydrogen-bond acceptors (Lipinski definition) is 4. The molecule has 0 bridgehead atoms. The summed E-state index contributed by atoms with van der Waals surface area (Å²) in [4.78, 5) is 6.84. The fourth-order valence-electron chi connectivity index (χ4n) is 2.57. The first-order valence-electron chi connectivity index (χ1n) is 8.45. The molecule has 1 aliphatic heterocycles. The lowest BCUT2D eigenvalue weighted by Gasteiger charge is -2.35. The first-order valence-corrected chi connectivity index (χ1v) is 8.45. The molecule has 130 valence electrons. The molecule has 0 aromatic heterocycles. The average molecular weight is 314 g/mol. The van der Waals surface area contributed by atoms with E-state index in [0.717, 1.165) is 25.5 Å². The van der Waals surface area contributed by atoms with Crippen molar-refractivity contribution < 1.29 is 9.47 Å². The van der Waals surface area contributed by atoms with Gasteiger partial charge in [0.1, 0.15) is 0 Å². The molecule has 6 heteroatoms. The third-order valence-electron chi connectivity index (χ3n) is 4.01. The fourth-order valence-corrected chi connectivity index (χ4v) is 2.57. The molecule has 1 fully saturated rings. The monoisotopic (exact) mass is 314 g/mol. The number of aliphatic imine (C=N–C) groups is 1. The number of nitrogens with zero attached hydrogens (tertiary/aromatic N) is 2. The Kier molecular flexibility index (Phi) is 10.2. The van der Waals surface area contributed by atoms with E-state index in [4.69, 9.17) is 9.47 Å². The largest absolute Gasteiger partial charge is 0.382 e. The minimum atomic E-state index is 0.527. The van der Waals surface area contributed by atoms with Gasteiger partial charge in [0.25, 0.3) is 0 Å². The molecule has 1 rings (SSSR count). The van der Waals surface area contributed by atoms with E-state index in [1.807, 2.05) is 7.05 Å². The Balaban J connectivity index is 2.10. The van der Waals surface area contributed by atoms with E-state index < -0.39 is 0 Å². The van der Waals surface area contributed by atoms with Crippen LogP contribution in [0, 0.1) is 0 Å². The zero-order chi connectivity index (χ0) is 16.2. The summed E-state index contributed by atoms with van der Waals surface area (Å²) in [5.41, 5.74) is 0. The van der Waals surface area contributed by atoms with Gasteiger partial charge in [-0.15, -0.1) is 0 Å². The van der Waals surface area contributed by atoms with Crippen molar-refractivity contribution in [2.75, 3.05) is 53.6 Å². The van der Waals surface area contributed by atoms with E-state index in [1.165, 1.54) is 25.9 Å². The van der Waals surface area contributed by atoms with Gasteiger partial charge in [0.2, 0.25) is 0 Å². The van der Waals surface area contributed by atoms with Crippen molar-refractivity contribution in [3.05, 3.63) is 0 Å². The molecule has 0 radical (unpaired) electrons. The van der Waals surface area contributed by atoms with Crippen molar-refractivity contribution >= 4 is 5.96 Å². The third kappa shape index (κ3) is 7.96. The smallest absolute Gasteiger partial charge is 0.191 e. The van der Waals surface area contributed by atoms with Crippen molar-refractivity contribution in [3.8, 4) is 0 Å². The third-order valence-corrected chi connectivity index (χ3v) is 4.01. The molecule has 1 heterocycles. The van der Waals surface area contributed by atoms with Crippen molar-refractivity contribution in [2.45, 2.75) is 45.2 Å². The molecule has 0 saturated carbocycles. The second-order valence-electron chi connectivity index (χ2n) is 6.01. The Morgan fingerprint density at radius 2 is 1.95 bits per heavy atom. The van der Waals surface area contributed by atoms with E-state index in [9.17, 15) is 0 Å². The van der Waals surface area contributed by atoms with Gasteiger partial charge >= 0.3 is 0 Å². The molecule has 0 aromatic carbocycles. The number of methoxy groups -OCH3 is 1. The second-order valence-corrected chi connectivity index (χ2v) is 6.01. The molecule has 22 heavy (non-hydrogen) atoms. The highest BCUT2D eigenvalue weighted by atomic mass is 16.5. The van der Waals surface area contributed by atoms with E-state index in [2.05, 4.69) is 34.4 Å². The van der Waals surface area contributed by atoms with Gasteiger partial charge in [-0.25, -0.2) is 0 Å². The van der Waals surface area contributed by atoms with Gasteiger partial charge in [-0.05, 0) is 33.1 Å². The van der Waals surface area contributed by atoms with Crippen LogP contribution in [0.5, 0.6) is 0 Å². The van der Waals surface area contributed by atoms with Crippen LogP contribution >= 0.6 is 0 Å². The summed E-state index contributed by atoms with van der Waals surface area (Å²) in [6, 6.07) is 1.18. The summed E-state index contributed by atoms with van der Waals surface area (Å²) >= 11 is 0. The minimum Gasteiger partial charge on any atom is -0.382 e. The zero-order valence-electron chi connectivity index (χ0n) is 14.7. The Hall–Kier alpha value is -0.850. The summed E-state index contributed by atoms with van der Waals surface area (Å²) in [5, 5.41) is 6.88. The van der Waals surface area contributed by atoms with Crippen molar-refractivity contribution in [1.29, 1.82) is 0 Å². The highest BCUT2D eigenvalue weighted by molar-refractivity contribution is 5.79. The lowest BCUT2D eigenvalue weighted by molar-refractivity contribution is 0.0698. The summed E-state index contributed by atoms with van der Waals surface area (Å²) in [6.45, 7) is 9.81. The first kappa shape index (κ1) is 19.2. The standard InChI is InChI=1S/C16H34N4O2/c1-14(2)20-9-6-15(7-10-20)19-16(17-3)18-8-5-11-22-13-12-21-4/h14-15H,5-13H2,1-4H3,(H2,17,18,19). The number of nitrogens with one attached hydrogen (secondary N) is 2. The van der Waals surface area contributed by atoms with Crippen LogP contribution in [0.25, 0.3) is 0 Å². The molecular formula is C16H34N4O2. The lowest BCUT2D eigenvalue weighted by atomic mass is 10.0. The maximum absolute atomic E-state index is 5.44. The Morgan fingerprint density at radius 1 is 1.23 bits per heavy atom. The van der Waals surface area contributed by atoms with Crippen molar-refractivity contribution in [1.82, 2.24) is 15.5 Å². The van der Waals surface area contributed by atoms with Crippen molar-refractivity contribution in [2.24, 2.45) is 4.99 Å². The number of ether oxygens (including phenoxy) is 2. The molecule has 0 unspecified atom stereocenters. The molecule has 0 aliphatic carbocycles. The van der Waals surface area contributed by atoms with E-state index >= 15 is 0 Å². The normalized spacial score (nSPS) is 18.0. The van der Waals surface area contributed by atoms with Gasteiger partial charge in [0.15, 0.2) is 5.96 Å². The van der Waals surface area contributed by atoms with E-state index in [-0.39, 0.29) is 0 Å². The van der Waals surface area contributed by atoms with Gasteiger partial charge in [0.05, 0.1) is 13.2 Å². The Labute approximate surface area is 135 Å². The van der Waals surface area contributed by atoms with Crippen LogP contribution in [-0.4, -0.2) is 76.6 Å². The van der Waals surface area contributed by atoms with E-state index in [0.29, 0.717) is 25.3 Å². The number of rotatable bonds is 9. The van der Waals surface area contributed by atoms with Gasteiger partial charge in [-0.3, -0.25) is 4.99 Å². The van der Waals surface area contributed by atoms with Crippen LogP contribution in [0.3, 0.4) is 0 Å². The second kappa shape index (κ2) is 11.7. The Morgan fingerprint density at radius 3 is 2.55 bits per heavy atom. The van der Waals surface area contributed by atoms with Crippen molar-refractivity contribution in [3.63, 3.8) is 0 Å².